The van der Waals surface area contributed by atoms with E-state index in [1.165, 1.54) is 14.2 Å². The average molecular weight is 257 g/mol. The zero-order valence-corrected chi connectivity index (χ0v) is 10.4. The maximum Gasteiger partial charge on any atom is 0.313 e. The Hall–Kier alpha value is -1.55. The van der Waals surface area contributed by atoms with Gasteiger partial charge in [0.25, 0.3) is 0 Å². The second kappa shape index (κ2) is 6.25. The van der Waals surface area contributed by atoms with E-state index in [0.717, 1.165) is 0 Å². The third-order valence-corrected chi connectivity index (χ3v) is 2.71. The fourth-order valence-corrected chi connectivity index (χ4v) is 1.74. The summed E-state index contributed by atoms with van der Waals surface area (Å²) in [4.78, 5) is 22.9. The van der Waals surface area contributed by atoms with Crippen molar-refractivity contribution < 1.29 is 19.1 Å². The number of ether oxygens (including phenoxy) is 2. The Balaban J connectivity index is 3.02. The van der Waals surface area contributed by atoms with Crippen molar-refractivity contribution in [2.75, 3.05) is 14.2 Å². The smallest absolute Gasteiger partial charge is 0.313 e. The molecule has 1 rings (SSSR count). The van der Waals surface area contributed by atoms with Crippen molar-refractivity contribution in [2.45, 2.75) is 12.3 Å². The monoisotopic (exact) mass is 256 g/mol. The van der Waals surface area contributed by atoms with E-state index in [9.17, 15) is 9.59 Å². The van der Waals surface area contributed by atoms with Crippen LogP contribution in [0.5, 0.6) is 0 Å². The third-order valence-electron chi connectivity index (χ3n) is 2.36. The summed E-state index contributed by atoms with van der Waals surface area (Å²) in [5, 5.41) is 0.423. The standard InChI is InChI=1S/C12H13ClO4/c1-16-11(14)7-9(12(15)17-2)8-5-3-4-6-10(8)13/h3-6,9H,7H2,1-2H3/t9-/m1/s1. The highest BCUT2D eigenvalue weighted by Crippen LogP contribution is 2.28. The number of benzene rings is 1. The normalized spacial score (nSPS) is 11.7. The van der Waals surface area contributed by atoms with Crippen LogP contribution in [0, 0.1) is 0 Å². The molecule has 17 heavy (non-hydrogen) atoms. The first-order valence-electron chi connectivity index (χ1n) is 4.99. The molecule has 0 spiro atoms. The molecule has 0 aliphatic rings. The Morgan fingerprint density at radius 3 is 2.41 bits per heavy atom. The highest BCUT2D eigenvalue weighted by atomic mass is 35.5. The molecule has 92 valence electrons. The van der Waals surface area contributed by atoms with Crippen LogP contribution in [0.25, 0.3) is 0 Å². The zero-order valence-electron chi connectivity index (χ0n) is 9.60. The molecule has 0 amide bonds. The lowest BCUT2D eigenvalue weighted by Gasteiger charge is -2.14. The lowest BCUT2D eigenvalue weighted by atomic mass is 9.96. The number of carbonyl (C=O) groups is 2. The van der Waals surface area contributed by atoms with Gasteiger partial charge in [-0.25, -0.2) is 0 Å². The van der Waals surface area contributed by atoms with Crippen LogP contribution >= 0.6 is 11.6 Å². The molecule has 0 radical (unpaired) electrons. The summed E-state index contributed by atoms with van der Waals surface area (Å²) < 4.78 is 9.21. The van der Waals surface area contributed by atoms with Gasteiger partial charge >= 0.3 is 11.9 Å². The lowest BCUT2D eigenvalue weighted by Crippen LogP contribution is -2.19. The minimum Gasteiger partial charge on any atom is -0.469 e. The molecule has 1 atom stereocenters. The highest BCUT2D eigenvalue weighted by molar-refractivity contribution is 6.31. The van der Waals surface area contributed by atoms with Crippen LogP contribution < -0.4 is 0 Å². The Labute approximate surface area is 104 Å². The van der Waals surface area contributed by atoms with Gasteiger partial charge in [0, 0.05) is 5.02 Å². The molecule has 4 nitrogen and oxygen atoms in total. The second-order valence-electron chi connectivity index (χ2n) is 3.38. The van der Waals surface area contributed by atoms with E-state index in [2.05, 4.69) is 9.47 Å². The van der Waals surface area contributed by atoms with Crippen molar-refractivity contribution in [2.24, 2.45) is 0 Å². The summed E-state index contributed by atoms with van der Waals surface area (Å²) >= 11 is 5.99. The van der Waals surface area contributed by atoms with Gasteiger partial charge in [-0.3, -0.25) is 9.59 Å². The quantitative estimate of drug-likeness (QED) is 0.775. The molecule has 0 aromatic heterocycles. The van der Waals surface area contributed by atoms with Gasteiger partial charge in [0.05, 0.1) is 26.6 Å². The van der Waals surface area contributed by atoms with Gasteiger partial charge in [-0.2, -0.15) is 0 Å². The van der Waals surface area contributed by atoms with Crippen molar-refractivity contribution in [1.82, 2.24) is 0 Å². The van der Waals surface area contributed by atoms with Crippen LogP contribution in [0.15, 0.2) is 24.3 Å². The summed E-state index contributed by atoms with van der Waals surface area (Å²) in [5.74, 6) is -1.73. The van der Waals surface area contributed by atoms with E-state index in [0.29, 0.717) is 10.6 Å². The van der Waals surface area contributed by atoms with Crippen LogP contribution in [0.1, 0.15) is 17.9 Å². The maximum atomic E-state index is 11.6. The van der Waals surface area contributed by atoms with Gasteiger partial charge in [-0.1, -0.05) is 29.8 Å². The van der Waals surface area contributed by atoms with E-state index in [1.54, 1.807) is 24.3 Å². The molecule has 0 saturated heterocycles. The third kappa shape index (κ3) is 3.46. The van der Waals surface area contributed by atoms with Gasteiger partial charge in [0.15, 0.2) is 0 Å². The Morgan fingerprint density at radius 2 is 1.88 bits per heavy atom. The predicted molar refractivity (Wildman–Crippen MR) is 62.8 cm³/mol. The number of hydrogen-bond donors (Lipinski definition) is 0. The molecule has 5 heteroatoms. The van der Waals surface area contributed by atoms with Crippen molar-refractivity contribution in [3.05, 3.63) is 34.9 Å². The molecule has 0 aliphatic carbocycles. The first-order chi connectivity index (χ1) is 8.10. The fraction of sp³-hybridized carbons (Fsp3) is 0.333. The summed E-state index contributed by atoms with van der Waals surface area (Å²) in [5.41, 5.74) is 0.561. The number of carbonyl (C=O) groups excluding carboxylic acids is 2. The highest BCUT2D eigenvalue weighted by Gasteiger charge is 2.26. The van der Waals surface area contributed by atoms with E-state index in [-0.39, 0.29) is 6.42 Å². The minimum atomic E-state index is -0.735. The molecular weight excluding hydrogens is 244 g/mol. The van der Waals surface area contributed by atoms with Crippen molar-refractivity contribution >= 4 is 23.5 Å². The maximum absolute atomic E-state index is 11.6. The topological polar surface area (TPSA) is 52.6 Å². The van der Waals surface area contributed by atoms with Crippen molar-refractivity contribution in [3.8, 4) is 0 Å². The fourth-order valence-electron chi connectivity index (χ4n) is 1.47. The SMILES string of the molecule is COC(=O)C[C@@H](C(=O)OC)c1ccccc1Cl. The molecule has 0 fully saturated rings. The van der Waals surface area contributed by atoms with E-state index < -0.39 is 17.9 Å². The molecule has 0 heterocycles. The van der Waals surface area contributed by atoms with Crippen LogP contribution in [0.3, 0.4) is 0 Å². The summed E-state index contributed by atoms with van der Waals surface area (Å²) in [6, 6.07) is 6.84. The molecule has 1 aromatic carbocycles. The van der Waals surface area contributed by atoms with Gasteiger partial charge in [-0.15, -0.1) is 0 Å². The number of rotatable bonds is 4. The number of hydrogen-bond acceptors (Lipinski definition) is 4. The molecule has 0 aliphatic heterocycles. The van der Waals surface area contributed by atoms with Crippen molar-refractivity contribution in [3.63, 3.8) is 0 Å². The average Bonchev–Trinajstić information content (AvgIpc) is 2.35. The van der Waals surface area contributed by atoms with Gasteiger partial charge in [0.1, 0.15) is 0 Å². The summed E-state index contributed by atoms with van der Waals surface area (Å²) in [6.07, 6.45) is -0.0904. The Bertz CT molecular complexity index is 417. The van der Waals surface area contributed by atoms with Crippen LogP contribution in [0.4, 0.5) is 0 Å². The second-order valence-corrected chi connectivity index (χ2v) is 3.78. The van der Waals surface area contributed by atoms with Gasteiger partial charge < -0.3 is 9.47 Å². The molecule has 0 N–H and O–H groups in total. The first-order valence-corrected chi connectivity index (χ1v) is 5.37. The van der Waals surface area contributed by atoms with Crippen LogP contribution in [-0.2, 0) is 19.1 Å². The summed E-state index contributed by atoms with van der Waals surface area (Å²) in [6.45, 7) is 0. The van der Waals surface area contributed by atoms with Crippen LogP contribution in [0.2, 0.25) is 5.02 Å². The molecule has 1 aromatic rings. The largest absolute Gasteiger partial charge is 0.469 e. The molecule has 0 saturated carbocycles. The molecular formula is C12H13ClO4. The number of halogens is 1. The predicted octanol–water partition coefficient (Wildman–Crippen LogP) is 2.16. The van der Waals surface area contributed by atoms with Gasteiger partial charge in [0.2, 0.25) is 0 Å². The van der Waals surface area contributed by atoms with Gasteiger partial charge in [-0.05, 0) is 11.6 Å². The zero-order chi connectivity index (χ0) is 12.8. The van der Waals surface area contributed by atoms with E-state index in [1.807, 2.05) is 0 Å². The van der Waals surface area contributed by atoms with E-state index in [4.69, 9.17) is 11.6 Å². The minimum absolute atomic E-state index is 0.0904. The van der Waals surface area contributed by atoms with E-state index >= 15 is 0 Å². The van der Waals surface area contributed by atoms with Crippen LogP contribution in [-0.4, -0.2) is 26.2 Å². The molecule has 0 bridgehead atoms. The Kier molecular flexibility index (Phi) is 4.97. The molecule has 0 unspecified atom stereocenters. The first kappa shape index (κ1) is 13.5. The Morgan fingerprint density at radius 1 is 1.24 bits per heavy atom. The lowest BCUT2D eigenvalue weighted by molar-refractivity contribution is -0.149. The number of esters is 2. The number of methoxy groups -OCH3 is 2. The summed E-state index contributed by atoms with van der Waals surface area (Å²) in [7, 11) is 2.53. The van der Waals surface area contributed by atoms with Crippen molar-refractivity contribution in [1.29, 1.82) is 0 Å².